The first-order valence-corrected chi connectivity index (χ1v) is 7.43. The van der Waals surface area contributed by atoms with E-state index in [1.165, 1.54) is 0 Å². The molecule has 2 unspecified atom stereocenters. The summed E-state index contributed by atoms with van der Waals surface area (Å²) in [6.45, 7) is 10.4. The van der Waals surface area contributed by atoms with Gasteiger partial charge in [0.2, 0.25) is 0 Å². The quantitative estimate of drug-likeness (QED) is 0.902. The Kier molecular flexibility index (Phi) is 3.95. The summed E-state index contributed by atoms with van der Waals surface area (Å²) in [5.41, 5.74) is 2.48. The zero-order valence-corrected chi connectivity index (χ0v) is 13.4. The number of aromatic nitrogens is 2. The highest BCUT2D eigenvalue weighted by Crippen LogP contribution is 2.52. The van der Waals surface area contributed by atoms with Crippen molar-refractivity contribution in [2.75, 3.05) is 0 Å². The Morgan fingerprint density at radius 3 is 2.52 bits per heavy atom. The summed E-state index contributed by atoms with van der Waals surface area (Å²) in [7, 11) is 0. The second kappa shape index (κ2) is 5.28. The fraction of sp³-hybridized carbons (Fsp3) is 0.688. The first-order chi connectivity index (χ1) is 9.63. The largest absolute Gasteiger partial charge is 0.481 e. The molecular formula is C16H24N2O3. The summed E-state index contributed by atoms with van der Waals surface area (Å²) >= 11 is 0. The van der Waals surface area contributed by atoms with Gasteiger partial charge in [0.25, 0.3) is 0 Å². The van der Waals surface area contributed by atoms with Crippen molar-refractivity contribution < 1.29 is 9.90 Å². The molecule has 0 aliphatic heterocycles. The summed E-state index contributed by atoms with van der Waals surface area (Å²) in [6, 6.07) is 0. The van der Waals surface area contributed by atoms with Crippen molar-refractivity contribution in [2.45, 2.75) is 54.0 Å². The fourth-order valence-electron chi connectivity index (χ4n) is 2.85. The minimum atomic E-state index is -0.824. The molecule has 0 bridgehead atoms. The summed E-state index contributed by atoms with van der Waals surface area (Å²) in [4.78, 5) is 27.3. The maximum absolute atomic E-state index is 12.1. The van der Waals surface area contributed by atoms with Crippen LogP contribution in [0.1, 0.15) is 44.1 Å². The topological polar surface area (TPSA) is 72.2 Å². The van der Waals surface area contributed by atoms with Crippen molar-refractivity contribution in [3.63, 3.8) is 0 Å². The van der Waals surface area contributed by atoms with Crippen molar-refractivity contribution in [3.05, 3.63) is 27.4 Å². The molecule has 116 valence electrons. The average Bonchev–Trinajstić information content (AvgIpc) is 2.97. The van der Waals surface area contributed by atoms with Crippen LogP contribution in [0.15, 0.2) is 4.79 Å². The molecule has 1 N–H and O–H groups in total. The molecule has 5 nitrogen and oxygen atoms in total. The number of carbonyl (C=O) groups is 1. The number of aryl methyl sites for hydroxylation is 1. The van der Waals surface area contributed by atoms with Crippen molar-refractivity contribution in [1.29, 1.82) is 0 Å². The lowest BCUT2D eigenvalue weighted by Crippen LogP contribution is -2.30. The number of rotatable bonds is 5. The summed E-state index contributed by atoms with van der Waals surface area (Å²) in [6.07, 6.45) is 1.53. The zero-order chi connectivity index (χ0) is 15.9. The molecule has 5 heteroatoms. The fourth-order valence-corrected chi connectivity index (χ4v) is 2.85. The minimum Gasteiger partial charge on any atom is -0.481 e. The standard InChI is InChI=1S/C16H24N2O3/c1-9(14(19)20)6-13-10(2)17-15(21)18(11(13)3)8-12-7-16(12,4)5/h9,12H,6-8H2,1-5H3,(H,19,20). The van der Waals surface area contributed by atoms with Crippen LogP contribution in [-0.2, 0) is 17.8 Å². The molecule has 0 radical (unpaired) electrons. The van der Waals surface area contributed by atoms with Gasteiger partial charge in [-0.3, -0.25) is 9.36 Å². The molecule has 21 heavy (non-hydrogen) atoms. The van der Waals surface area contributed by atoms with Gasteiger partial charge in [0.05, 0.1) is 5.92 Å². The normalized spacial score (nSPS) is 21.1. The van der Waals surface area contributed by atoms with E-state index in [4.69, 9.17) is 5.11 Å². The number of aliphatic carboxylic acids is 1. The zero-order valence-electron chi connectivity index (χ0n) is 13.4. The molecule has 2 atom stereocenters. The average molecular weight is 292 g/mol. The summed E-state index contributed by atoms with van der Waals surface area (Å²) < 4.78 is 1.72. The molecule has 1 aromatic rings. The van der Waals surface area contributed by atoms with Gasteiger partial charge in [0, 0.05) is 17.9 Å². The van der Waals surface area contributed by atoms with Crippen LogP contribution in [0.25, 0.3) is 0 Å². The Labute approximate surface area is 125 Å². The van der Waals surface area contributed by atoms with Crippen molar-refractivity contribution in [3.8, 4) is 0 Å². The smallest absolute Gasteiger partial charge is 0.347 e. The first-order valence-electron chi connectivity index (χ1n) is 7.43. The molecule has 0 aromatic carbocycles. The SMILES string of the molecule is Cc1nc(=O)n(CC2CC2(C)C)c(C)c1CC(C)C(=O)O. The maximum atomic E-state index is 12.1. The monoisotopic (exact) mass is 292 g/mol. The third-order valence-electron chi connectivity index (χ3n) is 4.82. The first kappa shape index (κ1) is 15.7. The van der Waals surface area contributed by atoms with Crippen molar-refractivity contribution in [2.24, 2.45) is 17.3 Å². The van der Waals surface area contributed by atoms with Crippen LogP contribution >= 0.6 is 0 Å². The predicted molar refractivity (Wildman–Crippen MR) is 80.4 cm³/mol. The second-order valence-corrected chi connectivity index (χ2v) is 6.99. The van der Waals surface area contributed by atoms with E-state index in [-0.39, 0.29) is 5.69 Å². The van der Waals surface area contributed by atoms with E-state index in [9.17, 15) is 9.59 Å². The Bertz CT molecular complexity index is 631. The molecule has 1 aromatic heterocycles. The van der Waals surface area contributed by atoms with Crippen LogP contribution in [0.4, 0.5) is 0 Å². The lowest BCUT2D eigenvalue weighted by atomic mass is 9.98. The lowest BCUT2D eigenvalue weighted by molar-refractivity contribution is -0.141. The Balaban J connectivity index is 2.34. The number of carboxylic acids is 1. The molecular weight excluding hydrogens is 268 g/mol. The third-order valence-corrected chi connectivity index (χ3v) is 4.82. The van der Waals surface area contributed by atoms with Crippen molar-refractivity contribution >= 4 is 5.97 Å². The van der Waals surface area contributed by atoms with E-state index in [1.54, 1.807) is 18.4 Å². The molecule has 1 saturated carbocycles. The molecule has 1 fully saturated rings. The van der Waals surface area contributed by atoms with Gasteiger partial charge in [-0.2, -0.15) is 4.98 Å². The Morgan fingerprint density at radius 1 is 1.48 bits per heavy atom. The highest BCUT2D eigenvalue weighted by atomic mass is 16.4. The molecule has 0 spiro atoms. The van der Waals surface area contributed by atoms with Gasteiger partial charge in [-0.1, -0.05) is 20.8 Å². The summed E-state index contributed by atoms with van der Waals surface area (Å²) in [5.74, 6) is -0.800. The van der Waals surface area contributed by atoms with Gasteiger partial charge in [-0.25, -0.2) is 4.79 Å². The van der Waals surface area contributed by atoms with E-state index in [2.05, 4.69) is 18.8 Å². The van der Waals surface area contributed by atoms with Gasteiger partial charge in [-0.15, -0.1) is 0 Å². The van der Waals surface area contributed by atoms with Crippen LogP contribution < -0.4 is 5.69 Å². The van der Waals surface area contributed by atoms with Crippen LogP contribution in [-0.4, -0.2) is 20.6 Å². The highest BCUT2D eigenvalue weighted by molar-refractivity contribution is 5.70. The number of hydrogen-bond acceptors (Lipinski definition) is 3. The van der Waals surface area contributed by atoms with Crippen molar-refractivity contribution in [1.82, 2.24) is 9.55 Å². The number of hydrogen-bond donors (Lipinski definition) is 1. The van der Waals surface area contributed by atoms with Gasteiger partial charge >= 0.3 is 11.7 Å². The lowest BCUT2D eigenvalue weighted by Gasteiger charge is -2.17. The molecule has 1 heterocycles. The van der Waals surface area contributed by atoms with Crippen LogP contribution in [0.2, 0.25) is 0 Å². The van der Waals surface area contributed by atoms with Crippen LogP contribution in [0, 0.1) is 31.1 Å². The van der Waals surface area contributed by atoms with E-state index in [0.29, 0.717) is 30.0 Å². The van der Waals surface area contributed by atoms with Gasteiger partial charge in [0.1, 0.15) is 0 Å². The number of carboxylic acid groups (broad SMARTS) is 1. The number of nitrogens with zero attached hydrogens (tertiary/aromatic N) is 2. The molecule has 2 rings (SSSR count). The molecule has 0 saturated heterocycles. The van der Waals surface area contributed by atoms with Crippen LogP contribution in [0.3, 0.4) is 0 Å². The molecule has 1 aliphatic carbocycles. The van der Waals surface area contributed by atoms with E-state index < -0.39 is 11.9 Å². The van der Waals surface area contributed by atoms with E-state index in [0.717, 1.165) is 17.7 Å². The minimum absolute atomic E-state index is 0.223. The Hall–Kier alpha value is -1.65. The molecule has 1 aliphatic rings. The van der Waals surface area contributed by atoms with E-state index >= 15 is 0 Å². The second-order valence-electron chi connectivity index (χ2n) is 6.99. The predicted octanol–water partition coefficient (Wildman–Crippen LogP) is 2.17. The van der Waals surface area contributed by atoms with E-state index in [1.807, 2.05) is 6.92 Å². The van der Waals surface area contributed by atoms with Gasteiger partial charge in [-0.05, 0) is 43.6 Å². The maximum Gasteiger partial charge on any atom is 0.347 e. The third kappa shape index (κ3) is 3.17. The van der Waals surface area contributed by atoms with Crippen LogP contribution in [0.5, 0.6) is 0 Å². The highest BCUT2D eigenvalue weighted by Gasteiger charge is 2.45. The Morgan fingerprint density at radius 2 is 2.05 bits per heavy atom. The van der Waals surface area contributed by atoms with Gasteiger partial charge in [0.15, 0.2) is 0 Å². The molecule has 0 amide bonds. The summed E-state index contributed by atoms with van der Waals surface area (Å²) in [5, 5.41) is 9.08. The van der Waals surface area contributed by atoms with Gasteiger partial charge < -0.3 is 5.11 Å².